The number of nitrogens with zero attached hydrogens (tertiary/aromatic N) is 2. The predicted octanol–water partition coefficient (Wildman–Crippen LogP) is 7.36. The van der Waals surface area contributed by atoms with Crippen molar-refractivity contribution in [3.8, 4) is 11.1 Å². The van der Waals surface area contributed by atoms with Crippen LogP contribution in [0.1, 0.15) is 27.0 Å². The van der Waals surface area contributed by atoms with Gasteiger partial charge in [-0.15, -0.1) is 0 Å². The highest BCUT2D eigenvalue weighted by Crippen LogP contribution is 2.42. The van der Waals surface area contributed by atoms with Gasteiger partial charge in [0.2, 0.25) is 0 Å². The summed E-state index contributed by atoms with van der Waals surface area (Å²) in [6.45, 7) is 0. The van der Waals surface area contributed by atoms with E-state index in [0.29, 0.717) is 5.56 Å². The fraction of sp³-hybridized carbons (Fsp3) is 0.0303. The second-order valence-electron chi connectivity index (χ2n) is 8.87. The molecule has 1 aromatic heterocycles. The second-order valence-corrected chi connectivity index (χ2v) is 8.87. The third-order valence-corrected chi connectivity index (χ3v) is 6.84. The van der Waals surface area contributed by atoms with E-state index in [9.17, 15) is 4.79 Å². The molecular formula is C33H24N2O. The van der Waals surface area contributed by atoms with Gasteiger partial charge in [-0.1, -0.05) is 115 Å². The highest BCUT2D eigenvalue weighted by molar-refractivity contribution is 5.85. The monoisotopic (exact) mass is 464 g/mol. The van der Waals surface area contributed by atoms with Crippen LogP contribution in [0.3, 0.4) is 0 Å². The van der Waals surface area contributed by atoms with Crippen molar-refractivity contribution in [2.24, 2.45) is 0 Å². The van der Waals surface area contributed by atoms with E-state index < -0.39 is 5.54 Å². The third kappa shape index (κ3) is 3.53. The number of hydrogen-bond donors (Lipinski definition) is 0. The minimum atomic E-state index is -0.614. The summed E-state index contributed by atoms with van der Waals surface area (Å²) in [6.07, 6.45) is 2.83. The van der Waals surface area contributed by atoms with Gasteiger partial charge >= 0.3 is 0 Å². The Balaban J connectivity index is 1.64. The molecule has 0 saturated heterocycles. The van der Waals surface area contributed by atoms with Crippen molar-refractivity contribution in [2.45, 2.75) is 5.54 Å². The molecule has 6 aromatic rings. The van der Waals surface area contributed by atoms with Crippen molar-refractivity contribution in [2.75, 3.05) is 0 Å². The molecule has 3 nitrogen and oxygen atoms in total. The number of benzene rings is 5. The summed E-state index contributed by atoms with van der Waals surface area (Å²) in [6, 6.07) is 45.8. The van der Waals surface area contributed by atoms with Crippen molar-refractivity contribution in [3.63, 3.8) is 0 Å². The highest BCUT2D eigenvalue weighted by Gasteiger charge is 2.39. The van der Waals surface area contributed by atoms with Crippen molar-refractivity contribution in [3.05, 3.63) is 162 Å². The van der Waals surface area contributed by atoms with Gasteiger partial charge in [-0.25, -0.2) is 4.98 Å². The molecule has 0 unspecified atom stereocenters. The van der Waals surface area contributed by atoms with Crippen LogP contribution in [-0.4, -0.2) is 15.8 Å². The Bertz CT molecular complexity index is 1540. The topological polar surface area (TPSA) is 34.9 Å². The van der Waals surface area contributed by atoms with Crippen LogP contribution < -0.4 is 0 Å². The molecule has 0 saturated carbocycles. The minimum Gasteiger partial charge on any atom is -0.312 e. The zero-order valence-corrected chi connectivity index (χ0v) is 19.7. The lowest BCUT2D eigenvalue weighted by atomic mass is 9.76. The SMILES string of the molecule is O=Cc1cccc(-c2ccc3c(c2)ncn3C(c2ccccc2)(c2ccccc2)c2ccccc2)c1. The first kappa shape index (κ1) is 21.8. The molecular weight excluding hydrogens is 440 g/mol. The maximum atomic E-state index is 11.3. The average molecular weight is 465 g/mol. The molecule has 5 aromatic carbocycles. The zero-order valence-electron chi connectivity index (χ0n) is 19.7. The number of imidazole rings is 1. The molecule has 0 amide bonds. The molecule has 36 heavy (non-hydrogen) atoms. The van der Waals surface area contributed by atoms with Crippen LogP contribution in [0.4, 0.5) is 0 Å². The molecule has 0 spiro atoms. The predicted molar refractivity (Wildman–Crippen MR) is 145 cm³/mol. The molecule has 172 valence electrons. The van der Waals surface area contributed by atoms with E-state index in [2.05, 4.69) is 114 Å². The molecule has 3 heteroatoms. The summed E-state index contributed by atoms with van der Waals surface area (Å²) < 4.78 is 2.29. The van der Waals surface area contributed by atoms with Crippen molar-refractivity contribution in [1.29, 1.82) is 0 Å². The Kier molecular flexibility index (Phi) is 5.51. The minimum absolute atomic E-state index is 0.614. The molecule has 0 aliphatic rings. The Morgan fingerprint density at radius 3 is 1.69 bits per heavy atom. The van der Waals surface area contributed by atoms with Crippen molar-refractivity contribution >= 4 is 17.3 Å². The standard InChI is InChI=1S/C33H24N2O/c36-23-25-11-10-12-26(21-25)27-19-20-32-31(22-27)34-24-35(32)33(28-13-4-1-5-14-28,29-15-6-2-7-16-29)30-17-8-3-9-18-30/h1-24H. The van der Waals surface area contributed by atoms with Crippen LogP contribution in [0.2, 0.25) is 0 Å². The maximum absolute atomic E-state index is 11.3. The van der Waals surface area contributed by atoms with E-state index in [1.807, 2.05) is 30.6 Å². The first-order valence-electron chi connectivity index (χ1n) is 12.0. The number of carbonyl (C=O) groups excluding carboxylic acids is 1. The summed E-state index contributed by atoms with van der Waals surface area (Å²) in [5, 5.41) is 0. The van der Waals surface area contributed by atoms with Crippen LogP contribution >= 0.6 is 0 Å². The molecule has 6 rings (SSSR count). The Hall–Kier alpha value is -4.76. The quantitative estimate of drug-likeness (QED) is 0.191. The molecule has 0 atom stereocenters. The lowest BCUT2D eigenvalue weighted by Crippen LogP contribution is -2.37. The maximum Gasteiger partial charge on any atom is 0.150 e. The van der Waals surface area contributed by atoms with E-state index in [1.54, 1.807) is 0 Å². The van der Waals surface area contributed by atoms with Gasteiger partial charge in [0.25, 0.3) is 0 Å². The normalized spacial score (nSPS) is 11.4. The van der Waals surface area contributed by atoms with Crippen LogP contribution in [0, 0.1) is 0 Å². The van der Waals surface area contributed by atoms with E-state index in [4.69, 9.17) is 4.98 Å². The van der Waals surface area contributed by atoms with E-state index >= 15 is 0 Å². The van der Waals surface area contributed by atoms with Crippen LogP contribution in [-0.2, 0) is 5.54 Å². The van der Waals surface area contributed by atoms with E-state index in [0.717, 1.165) is 45.1 Å². The van der Waals surface area contributed by atoms with Crippen LogP contribution in [0.5, 0.6) is 0 Å². The number of carbonyl (C=O) groups is 1. The molecule has 0 N–H and O–H groups in total. The number of aldehydes is 1. The Morgan fingerprint density at radius 1 is 0.583 bits per heavy atom. The van der Waals surface area contributed by atoms with Crippen LogP contribution in [0.15, 0.2) is 140 Å². The first-order chi connectivity index (χ1) is 17.8. The summed E-state index contributed by atoms with van der Waals surface area (Å²) >= 11 is 0. The Morgan fingerprint density at radius 2 is 1.14 bits per heavy atom. The lowest BCUT2D eigenvalue weighted by molar-refractivity contribution is 0.112. The third-order valence-electron chi connectivity index (χ3n) is 6.84. The molecule has 0 aliphatic heterocycles. The largest absolute Gasteiger partial charge is 0.312 e. The fourth-order valence-corrected chi connectivity index (χ4v) is 5.21. The van der Waals surface area contributed by atoms with Gasteiger partial charge in [0.05, 0.1) is 17.4 Å². The van der Waals surface area contributed by atoms with E-state index in [1.165, 1.54) is 0 Å². The molecule has 0 aliphatic carbocycles. The lowest BCUT2D eigenvalue weighted by Gasteiger charge is -2.38. The highest BCUT2D eigenvalue weighted by atomic mass is 16.1. The van der Waals surface area contributed by atoms with Gasteiger partial charge in [0.15, 0.2) is 0 Å². The van der Waals surface area contributed by atoms with Gasteiger partial charge in [0, 0.05) is 5.56 Å². The fourth-order valence-electron chi connectivity index (χ4n) is 5.21. The molecule has 0 fully saturated rings. The zero-order chi connectivity index (χ0) is 24.4. The first-order valence-corrected chi connectivity index (χ1v) is 12.0. The van der Waals surface area contributed by atoms with Gasteiger partial charge in [0.1, 0.15) is 11.8 Å². The van der Waals surface area contributed by atoms with Gasteiger partial charge < -0.3 is 4.57 Å². The number of rotatable bonds is 6. The summed E-state index contributed by atoms with van der Waals surface area (Å²) in [4.78, 5) is 16.2. The average Bonchev–Trinajstić information content (AvgIpc) is 3.39. The molecule has 0 bridgehead atoms. The van der Waals surface area contributed by atoms with Gasteiger partial charge in [-0.3, -0.25) is 4.79 Å². The smallest absolute Gasteiger partial charge is 0.150 e. The number of fused-ring (bicyclic) bond motifs is 1. The molecule has 1 heterocycles. The number of hydrogen-bond acceptors (Lipinski definition) is 2. The molecule has 0 radical (unpaired) electrons. The summed E-state index contributed by atoms with van der Waals surface area (Å²) in [5.41, 5.74) is 7.47. The number of aromatic nitrogens is 2. The Labute approximate surface area is 210 Å². The van der Waals surface area contributed by atoms with Crippen molar-refractivity contribution in [1.82, 2.24) is 9.55 Å². The van der Waals surface area contributed by atoms with Gasteiger partial charge in [-0.2, -0.15) is 0 Å². The summed E-state index contributed by atoms with van der Waals surface area (Å²) in [5.74, 6) is 0. The summed E-state index contributed by atoms with van der Waals surface area (Å²) in [7, 11) is 0. The van der Waals surface area contributed by atoms with Crippen molar-refractivity contribution < 1.29 is 4.79 Å². The van der Waals surface area contributed by atoms with Crippen LogP contribution in [0.25, 0.3) is 22.2 Å². The second kappa shape index (κ2) is 9.12. The van der Waals surface area contributed by atoms with E-state index in [-0.39, 0.29) is 0 Å². The van der Waals surface area contributed by atoms with Gasteiger partial charge in [-0.05, 0) is 46.0 Å².